The van der Waals surface area contributed by atoms with Crippen molar-refractivity contribution in [1.82, 2.24) is 5.32 Å². The molecule has 112 valence electrons. The van der Waals surface area contributed by atoms with Crippen molar-refractivity contribution in [3.05, 3.63) is 64.2 Å². The number of benzene rings is 1. The molecule has 0 bridgehead atoms. The van der Waals surface area contributed by atoms with Gasteiger partial charge in [-0.05, 0) is 48.5 Å². The second-order valence-corrected chi connectivity index (χ2v) is 5.01. The van der Waals surface area contributed by atoms with Crippen LogP contribution in [0.25, 0.3) is 0 Å². The Labute approximate surface area is 126 Å². The Bertz CT molecular complexity index is 588. The maximum absolute atomic E-state index is 12.9. The fourth-order valence-electron chi connectivity index (χ4n) is 2.01. The van der Waals surface area contributed by atoms with Gasteiger partial charge in [0.2, 0.25) is 0 Å². The Balaban J connectivity index is 2.31. The van der Waals surface area contributed by atoms with E-state index >= 15 is 0 Å². The van der Waals surface area contributed by atoms with E-state index in [0.717, 1.165) is 0 Å². The van der Waals surface area contributed by atoms with E-state index < -0.39 is 21.8 Å². The largest absolute Gasteiger partial charge is 0.453 e. The van der Waals surface area contributed by atoms with Gasteiger partial charge in [-0.2, -0.15) is 0 Å². The van der Waals surface area contributed by atoms with Crippen LogP contribution in [0.1, 0.15) is 6.92 Å². The summed E-state index contributed by atoms with van der Waals surface area (Å²) in [7, 11) is 0. The van der Waals surface area contributed by atoms with Gasteiger partial charge < -0.3 is 10.1 Å². The van der Waals surface area contributed by atoms with Crippen molar-refractivity contribution < 1.29 is 14.1 Å². The molecule has 0 heterocycles. The van der Waals surface area contributed by atoms with Crippen molar-refractivity contribution in [2.75, 3.05) is 6.54 Å². The molecule has 2 unspecified atom stereocenters. The highest BCUT2D eigenvalue weighted by Gasteiger charge is 2.54. The van der Waals surface area contributed by atoms with Gasteiger partial charge in [0.1, 0.15) is 17.6 Å². The maximum atomic E-state index is 12.9. The summed E-state index contributed by atoms with van der Waals surface area (Å²) in [6.07, 6.45) is 4.68. The summed E-state index contributed by atoms with van der Waals surface area (Å²) < 4.78 is 18.4. The summed E-state index contributed by atoms with van der Waals surface area (Å²) in [5.74, 6) is -0.161. The third-order valence-corrected chi connectivity index (χ3v) is 3.60. The summed E-state index contributed by atoms with van der Waals surface area (Å²) in [5, 5.41) is 14.4. The number of nitrogens with one attached hydrogen (secondary N) is 1. The minimum atomic E-state index is -1.95. The van der Waals surface area contributed by atoms with E-state index in [1.54, 1.807) is 12.2 Å². The van der Waals surface area contributed by atoms with Crippen LogP contribution >= 0.6 is 11.6 Å². The first kappa shape index (κ1) is 15.5. The van der Waals surface area contributed by atoms with Crippen LogP contribution in [0.3, 0.4) is 0 Å². The van der Waals surface area contributed by atoms with Crippen molar-refractivity contribution in [1.29, 1.82) is 0 Å². The number of alkyl halides is 1. The first-order valence-corrected chi connectivity index (χ1v) is 6.75. The number of likely N-dealkylation sites (N-methyl/N-ethyl adjacent to an activating group) is 1. The molecule has 0 aromatic heterocycles. The summed E-state index contributed by atoms with van der Waals surface area (Å²) in [6, 6.07) is 4.47. The second-order valence-electron chi connectivity index (χ2n) is 4.44. The van der Waals surface area contributed by atoms with E-state index in [2.05, 4.69) is 5.32 Å². The Hall–Kier alpha value is -1.92. The SMILES string of the molecule is CCNC1C=CC=C(Oc2ccc(F)cc2)C1(Cl)[N+](=O)[O-]. The smallest absolute Gasteiger partial charge is 0.370 e. The van der Waals surface area contributed by atoms with Gasteiger partial charge in [0, 0.05) is 0 Å². The Morgan fingerprint density at radius 1 is 1.48 bits per heavy atom. The number of nitrogens with zero attached hydrogens (tertiary/aromatic N) is 1. The fourth-order valence-corrected chi connectivity index (χ4v) is 2.27. The molecule has 0 saturated heterocycles. The molecule has 7 heteroatoms. The lowest BCUT2D eigenvalue weighted by Crippen LogP contribution is -2.54. The highest BCUT2D eigenvalue weighted by atomic mass is 35.5. The van der Waals surface area contributed by atoms with Crippen molar-refractivity contribution in [2.45, 2.75) is 18.0 Å². The molecule has 1 aromatic carbocycles. The van der Waals surface area contributed by atoms with Gasteiger partial charge in [-0.15, -0.1) is 0 Å². The molecule has 2 rings (SSSR count). The minimum absolute atomic E-state index is 0.0192. The number of hydrogen-bond donors (Lipinski definition) is 1. The lowest BCUT2D eigenvalue weighted by atomic mass is 10.0. The molecule has 0 saturated carbocycles. The van der Waals surface area contributed by atoms with Crippen molar-refractivity contribution in [2.24, 2.45) is 0 Å². The maximum Gasteiger partial charge on any atom is 0.370 e. The Morgan fingerprint density at radius 2 is 2.14 bits per heavy atom. The quantitative estimate of drug-likeness (QED) is 0.393. The van der Waals surface area contributed by atoms with Gasteiger partial charge >= 0.3 is 5.00 Å². The lowest BCUT2D eigenvalue weighted by Gasteiger charge is -2.29. The third-order valence-electron chi connectivity index (χ3n) is 3.04. The molecule has 0 aliphatic heterocycles. The Kier molecular flexibility index (Phi) is 4.59. The van der Waals surface area contributed by atoms with Crippen LogP contribution in [0.15, 0.2) is 48.3 Å². The van der Waals surface area contributed by atoms with E-state index in [4.69, 9.17) is 16.3 Å². The van der Waals surface area contributed by atoms with Gasteiger partial charge in [-0.25, -0.2) is 4.39 Å². The molecule has 0 amide bonds. The van der Waals surface area contributed by atoms with E-state index in [0.29, 0.717) is 6.54 Å². The van der Waals surface area contributed by atoms with E-state index in [-0.39, 0.29) is 11.5 Å². The van der Waals surface area contributed by atoms with Crippen LogP contribution in [-0.2, 0) is 0 Å². The van der Waals surface area contributed by atoms with Crippen LogP contribution in [-0.4, -0.2) is 22.5 Å². The summed E-state index contributed by atoms with van der Waals surface area (Å²) >= 11 is 6.22. The van der Waals surface area contributed by atoms with Crippen LogP contribution < -0.4 is 10.1 Å². The standard InChI is InChI=1S/C14H14ClFN2O3/c1-2-17-12-4-3-5-13(14(12,15)18(19)20)21-11-8-6-10(16)7-9-11/h3-9,12,17H,2H2,1H3. The first-order chi connectivity index (χ1) is 9.98. The predicted molar refractivity (Wildman–Crippen MR) is 77.3 cm³/mol. The molecule has 1 aliphatic rings. The van der Waals surface area contributed by atoms with E-state index in [1.165, 1.54) is 30.3 Å². The summed E-state index contributed by atoms with van der Waals surface area (Å²) in [5.41, 5.74) is 0. The zero-order valence-electron chi connectivity index (χ0n) is 11.3. The number of ether oxygens (including phenoxy) is 1. The molecule has 21 heavy (non-hydrogen) atoms. The van der Waals surface area contributed by atoms with Gasteiger partial charge in [0.15, 0.2) is 5.76 Å². The van der Waals surface area contributed by atoms with Crippen molar-refractivity contribution in [3.8, 4) is 5.75 Å². The summed E-state index contributed by atoms with van der Waals surface area (Å²) in [4.78, 5) is 8.89. The minimum Gasteiger partial charge on any atom is -0.453 e. The normalized spacial score (nSPS) is 24.5. The number of allylic oxidation sites excluding steroid dienone is 2. The van der Waals surface area contributed by atoms with E-state index in [1.807, 2.05) is 6.92 Å². The predicted octanol–water partition coefficient (Wildman–Crippen LogP) is 2.85. The average molecular weight is 313 g/mol. The second kappa shape index (κ2) is 6.24. The zero-order chi connectivity index (χ0) is 15.5. The average Bonchev–Trinajstić information content (AvgIpc) is 2.45. The molecule has 5 nitrogen and oxygen atoms in total. The highest BCUT2D eigenvalue weighted by molar-refractivity contribution is 6.25. The molecular weight excluding hydrogens is 299 g/mol. The zero-order valence-corrected chi connectivity index (χ0v) is 12.0. The van der Waals surface area contributed by atoms with Gasteiger partial charge in [-0.1, -0.05) is 19.1 Å². The van der Waals surface area contributed by atoms with Crippen molar-refractivity contribution >= 4 is 11.6 Å². The first-order valence-electron chi connectivity index (χ1n) is 6.37. The molecule has 1 N–H and O–H groups in total. The molecule has 0 fully saturated rings. The molecule has 1 aliphatic carbocycles. The van der Waals surface area contributed by atoms with Crippen LogP contribution in [0, 0.1) is 15.9 Å². The molecule has 0 spiro atoms. The van der Waals surface area contributed by atoms with Gasteiger partial charge in [-0.3, -0.25) is 10.1 Å². The monoisotopic (exact) mass is 312 g/mol. The molecular formula is C14H14ClFN2O3. The summed E-state index contributed by atoms with van der Waals surface area (Å²) in [6.45, 7) is 2.34. The Morgan fingerprint density at radius 3 is 2.71 bits per heavy atom. The number of nitro groups is 1. The van der Waals surface area contributed by atoms with Crippen molar-refractivity contribution in [3.63, 3.8) is 0 Å². The molecule has 2 atom stereocenters. The fraction of sp³-hybridized carbons (Fsp3) is 0.286. The number of hydrogen-bond acceptors (Lipinski definition) is 4. The van der Waals surface area contributed by atoms with Gasteiger partial charge in [0.25, 0.3) is 0 Å². The van der Waals surface area contributed by atoms with Crippen LogP contribution in [0.4, 0.5) is 4.39 Å². The van der Waals surface area contributed by atoms with Crippen LogP contribution in [0.2, 0.25) is 0 Å². The van der Waals surface area contributed by atoms with E-state index in [9.17, 15) is 14.5 Å². The number of rotatable bonds is 5. The highest BCUT2D eigenvalue weighted by Crippen LogP contribution is 2.35. The lowest BCUT2D eigenvalue weighted by molar-refractivity contribution is -0.537. The number of halogens is 2. The van der Waals surface area contributed by atoms with Crippen LogP contribution in [0.5, 0.6) is 5.75 Å². The molecule has 1 aromatic rings. The van der Waals surface area contributed by atoms with Gasteiger partial charge in [0.05, 0.1) is 4.92 Å². The third kappa shape index (κ3) is 3.06. The topological polar surface area (TPSA) is 64.4 Å². The molecule has 0 radical (unpaired) electrons.